The molecule has 0 radical (unpaired) electrons. The van der Waals surface area contributed by atoms with Gasteiger partial charge < -0.3 is 0 Å². The average Bonchev–Trinajstić information content (AvgIpc) is 2.66. The Balaban J connectivity index is 1.90. The first-order valence-corrected chi connectivity index (χ1v) is 9.02. The molecule has 5 rings (SSSR count). The van der Waals surface area contributed by atoms with Gasteiger partial charge in [-0.25, -0.2) is 4.57 Å². The predicted octanol–water partition coefficient (Wildman–Crippen LogP) is 5.95. The number of aryl methyl sites for hydroxylation is 2. The maximum Gasteiger partial charge on any atom is 0.213 e. The third kappa shape index (κ3) is 2.28. The summed E-state index contributed by atoms with van der Waals surface area (Å²) in [5.74, 6) is 0. The molecule has 0 aliphatic carbocycles. The molecule has 0 N–H and O–H groups in total. The number of fused-ring (bicyclic) bond motifs is 3. The molecular weight excluding hydrogens is 314 g/mol. The lowest BCUT2D eigenvalue weighted by molar-refractivity contribution is -0.660. The second kappa shape index (κ2) is 5.67. The second-order valence-corrected chi connectivity index (χ2v) is 7.07. The molecule has 26 heavy (non-hydrogen) atoms. The molecule has 0 bridgehead atoms. The van der Waals surface area contributed by atoms with Crippen molar-refractivity contribution in [3.63, 3.8) is 0 Å². The molecule has 0 amide bonds. The molecule has 1 heterocycles. The van der Waals surface area contributed by atoms with Gasteiger partial charge in [-0.1, -0.05) is 36.4 Å². The smallest absolute Gasteiger partial charge is 0.201 e. The quantitative estimate of drug-likeness (QED) is 0.263. The Bertz CT molecular complexity index is 1300. The Kier molecular flexibility index (Phi) is 3.29. The molecule has 4 aromatic carbocycles. The molecule has 0 saturated heterocycles. The van der Waals surface area contributed by atoms with E-state index in [4.69, 9.17) is 0 Å². The highest BCUT2D eigenvalue weighted by molar-refractivity contribution is 6.08. The number of pyridine rings is 1. The van der Waals surface area contributed by atoms with Crippen LogP contribution in [0.25, 0.3) is 43.6 Å². The van der Waals surface area contributed by atoms with Gasteiger partial charge in [0.05, 0.1) is 5.56 Å². The largest absolute Gasteiger partial charge is 0.213 e. The summed E-state index contributed by atoms with van der Waals surface area (Å²) in [6, 6.07) is 28.7. The van der Waals surface area contributed by atoms with E-state index in [1.165, 1.54) is 49.1 Å². The molecule has 0 unspecified atom stereocenters. The lowest BCUT2D eigenvalue weighted by Gasteiger charge is -2.11. The van der Waals surface area contributed by atoms with Crippen LogP contribution in [-0.4, -0.2) is 0 Å². The Hall–Kier alpha value is -3.19. The lowest BCUT2D eigenvalue weighted by Crippen LogP contribution is -2.30. The van der Waals surface area contributed by atoms with Crippen molar-refractivity contribution in [2.75, 3.05) is 0 Å². The topological polar surface area (TPSA) is 3.88 Å². The predicted molar refractivity (Wildman–Crippen MR) is 110 cm³/mol. The zero-order chi connectivity index (χ0) is 17.7. The lowest BCUT2D eigenvalue weighted by atomic mass is 9.93. The molecule has 124 valence electrons. The molecule has 5 aromatic rings. The fourth-order valence-electron chi connectivity index (χ4n) is 4.00. The van der Waals surface area contributed by atoms with Crippen LogP contribution < -0.4 is 4.57 Å². The van der Waals surface area contributed by atoms with Gasteiger partial charge in [0, 0.05) is 12.1 Å². The van der Waals surface area contributed by atoms with Gasteiger partial charge in [0.25, 0.3) is 0 Å². The first-order valence-electron chi connectivity index (χ1n) is 9.02. The molecular formula is C25H20N+. The van der Waals surface area contributed by atoms with Crippen LogP contribution >= 0.6 is 0 Å². The van der Waals surface area contributed by atoms with E-state index in [9.17, 15) is 0 Å². The molecule has 1 heteroatoms. The number of benzene rings is 4. The van der Waals surface area contributed by atoms with Crippen LogP contribution in [0, 0.1) is 6.92 Å². The van der Waals surface area contributed by atoms with Crippen molar-refractivity contribution in [3.05, 3.63) is 90.6 Å². The summed E-state index contributed by atoms with van der Waals surface area (Å²) in [4.78, 5) is 0. The molecule has 1 nitrogen and oxygen atoms in total. The fraction of sp³-hybridized carbons (Fsp3) is 0.0800. The van der Waals surface area contributed by atoms with Crippen molar-refractivity contribution >= 4 is 32.3 Å². The number of rotatable bonds is 1. The van der Waals surface area contributed by atoms with Crippen LogP contribution in [0.2, 0.25) is 0 Å². The van der Waals surface area contributed by atoms with E-state index in [1.807, 2.05) is 0 Å². The zero-order valence-corrected chi connectivity index (χ0v) is 15.0. The summed E-state index contributed by atoms with van der Waals surface area (Å²) in [6.07, 6.45) is 2.11. The van der Waals surface area contributed by atoms with Crippen LogP contribution in [0.3, 0.4) is 0 Å². The van der Waals surface area contributed by atoms with E-state index in [0.29, 0.717) is 0 Å². The van der Waals surface area contributed by atoms with Crippen molar-refractivity contribution in [1.82, 2.24) is 0 Å². The minimum atomic E-state index is 1.25. The maximum absolute atomic E-state index is 2.35. The van der Waals surface area contributed by atoms with Crippen LogP contribution in [0.1, 0.15) is 5.56 Å². The third-order valence-electron chi connectivity index (χ3n) is 5.36. The number of hydrogen-bond donors (Lipinski definition) is 0. The summed E-state index contributed by atoms with van der Waals surface area (Å²) in [7, 11) is 2.11. The molecule has 1 aromatic heterocycles. The number of aromatic nitrogens is 1. The van der Waals surface area contributed by atoms with E-state index in [2.05, 4.69) is 104 Å². The van der Waals surface area contributed by atoms with Gasteiger partial charge in [0.1, 0.15) is 7.05 Å². The van der Waals surface area contributed by atoms with Crippen LogP contribution in [0.15, 0.2) is 85.1 Å². The van der Waals surface area contributed by atoms with E-state index in [0.717, 1.165) is 0 Å². The SMILES string of the molecule is Cc1ccc2cc3cc4ccccc4cc3cc2c1-c1cccc[n+]1C. The van der Waals surface area contributed by atoms with Gasteiger partial charge in [0.15, 0.2) is 6.20 Å². The van der Waals surface area contributed by atoms with Crippen molar-refractivity contribution in [2.24, 2.45) is 7.05 Å². The monoisotopic (exact) mass is 334 g/mol. The minimum Gasteiger partial charge on any atom is -0.201 e. The average molecular weight is 334 g/mol. The highest BCUT2D eigenvalue weighted by Gasteiger charge is 2.15. The Morgan fingerprint density at radius 1 is 0.615 bits per heavy atom. The van der Waals surface area contributed by atoms with E-state index in [-0.39, 0.29) is 0 Å². The first-order chi connectivity index (χ1) is 12.7. The summed E-state index contributed by atoms with van der Waals surface area (Å²) >= 11 is 0. The maximum atomic E-state index is 2.35. The standard InChI is InChI=1S/C25H20N/c1-17-10-11-20-15-21-13-18-7-3-4-8-19(18)14-22(21)16-23(20)25(17)24-9-5-6-12-26(24)2/h3-16H,1-2H3/q+1. The third-order valence-corrected chi connectivity index (χ3v) is 5.36. The normalized spacial score (nSPS) is 11.5. The van der Waals surface area contributed by atoms with Gasteiger partial charge in [-0.2, -0.15) is 0 Å². The van der Waals surface area contributed by atoms with E-state index < -0.39 is 0 Å². The molecule has 0 saturated carbocycles. The Morgan fingerprint density at radius 3 is 2.00 bits per heavy atom. The summed E-state index contributed by atoms with van der Waals surface area (Å²) in [5.41, 5.74) is 3.87. The second-order valence-electron chi connectivity index (χ2n) is 7.07. The van der Waals surface area contributed by atoms with E-state index >= 15 is 0 Å². The van der Waals surface area contributed by atoms with Crippen LogP contribution in [0.4, 0.5) is 0 Å². The summed E-state index contributed by atoms with van der Waals surface area (Å²) in [5, 5.41) is 7.77. The van der Waals surface area contributed by atoms with Crippen molar-refractivity contribution in [2.45, 2.75) is 6.92 Å². The van der Waals surface area contributed by atoms with Gasteiger partial charge >= 0.3 is 0 Å². The highest BCUT2D eigenvalue weighted by Crippen LogP contribution is 2.34. The zero-order valence-electron chi connectivity index (χ0n) is 15.0. The first kappa shape index (κ1) is 15.1. The van der Waals surface area contributed by atoms with Crippen molar-refractivity contribution in [1.29, 1.82) is 0 Å². The number of hydrogen-bond acceptors (Lipinski definition) is 0. The minimum absolute atomic E-state index is 1.25. The molecule has 0 aliphatic heterocycles. The number of nitrogens with zero attached hydrogens (tertiary/aromatic N) is 1. The summed E-state index contributed by atoms with van der Waals surface area (Å²) < 4.78 is 2.20. The fourth-order valence-corrected chi connectivity index (χ4v) is 4.00. The van der Waals surface area contributed by atoms with Gasteiger partial charge in [0.2, 0.25) is 5.69 Å². The summed E-state index contributed by atoms with van der Waals surface area (Å²) in [6.45, 7) is 2.20. The Labute approximate surface area is 153 Å². The van der Waals surface area contributed by atoms with E-state index in [1.54, 1.807) is 0 Å². The molecule has 0 aliphatic rings. The molecule has 0 fully saturated rings. The van der Waals surface area contributed by atoms with Crippen molar-refractivity contribution in [3.8, 4) is 11.3 Å². The van der Waals surface area contributed by atoms with Crippen molar-refractivity contribution < 1.29 is 4.57 Å². The van der Waals surface area contributed by atoms with Gasteiger partial charge in [-0.05, 0) is 75.1 Å². The van der Waals surface area contributed by atoms with Crippen LogP contribution in [0.5, 0.6) is 0 Å². The van der Waals surface area contributed by atoms with Gasteiger partial charge in [-0.15, -0.1) is 0 Å². The molecule has 0 atom stereocenters. The van der Waals surface area contributed by atoms with Gasteiger partial charge in [-0.3, -0.25) is 0 Å². The van der Waals surface area contributed by atoms with Crippen LogP contribution in [-0.2, 0) is 7.05 Å². The highest BCUT2D eigenvalue weighted by atomic mass is 14.9. The Morgan fingerprint density at radius 2 is 1.27 bits per heavy atom. The molecule has 0 spiro atoms.